The zero-order valence-electron chi connectivity index (χ0n) is 23.8. The minimum atomic E-state index is -0.202. The van der Waals surface area contributed by atoms with Gasteiger partial charge in [0.25, 0.3) is 0 Å². The van der Waals surface area contributed by atoms with E-state index < -0.39 is 0 Å². The lowest BCUT2D eigenvalue weighted by molar-refractivity contribution is -0.144. The Morgan fingerprint density at radius 2 is 0.775 bits per heavy atom. The number of para-hydroxylation sites is 2. The second-order valence-corrected chi connectivity index (χ2v) is 15.0. The first-order chi connectivity index (χ1) is 19.5. The number of amides is 2. The molecule has 2 aromatic carbocycles. The van der Waals surface area contributed by atoms with Gasteiger partial charge >= 0.3 is 0 Å². The van der Waals surface area contributed by atoms with E-state index in [1.807, 2.05) is 36.4 Å². The summed E-state index contributed by atoms with van der Waals surface area (Å²) in [7, 11) is 0. The highest BCUT2D eigenvalue weighted by Gasteiger charge is 2.57. The number of benzene rings is 2. The van der Waals surface area contributed by atoms with Gasteiger partial charge in [-0.2, -0.15) is 0 Å². The average molecular weight is 537 g/mol. The minimum Gasteiger partial charge on any atom is -0.310 e. The van der Waals surface area contributed by atoms with E-state index in [2.05, 4.69) is 34.1 Å². The Bertz CT molecular complexity index is 1100. The van der Waals surface area contributed by atoms with Crippen molar-refractivity contribution >= 4 is 23.2 Å². The molecule has 8 fully saturated rings. The first-order valence-electron chi connectivity index (χ1n) is 16.2. The summed E-state index contributed by atoms with van der Waals surface area (Å²) in [5.41, 5.74) is 1.56. The Labute approximate surface area is 239 Å². The standard InChI is InChI=1S/C36H44N2O2/c39-33(35-19-25-13-26(20-35)15-27(14-25)21-35)37(31-7-3-1-4-8-31)11-12-38(32-9-5-2-6-10-32)34(40)36-22-28-16-29(23-36)18-30(17-28)24-36/h1-10,25-30H,11-24H2. The van der Waals surface area contributed by atoms with E-state index in [1.165, 1.54) is 38.5 Å². The molecule has 0 atom stereocenters. The minimum absolute atomic E-state index is 0.202. The maximum absolute atomic E-state index is 14.7. The maximum atomic E-state index is 14.7. The van der Waals surface area contributed by atoms with Crippen LogP contribution in [0.5, 0.6) is 0 Å². The molecule has 0 N–H and O–H groups in total. The second-order valence-electron chi connectivity index (χ2n) is 15.0. The highest BCUT2D eigenvalue weighted by Crippen LogP contribution is 2.62. The van der Waals surface area contributed by atoms with E-state index in [0.717, 1.165) is 85.4 Å². The van der Waals surface area contributed by atoms with Crippen LogP contribution in [-0.2, 0) is 9.59 Å². The number of rotatable bonds is 7. The number of hydrogen-bond donors (Lipinski definition) is 0. The maximum Gasteiger partial charge on any atom is 0.233 e. The third kappa shape index (κ3) is 4.15. The number of anilines is 2. The van der Waals surface area contributed by atoms with Crippen LogP contribution in [0, 0.1) is 46.3 Å². The zero-order valence-corrected chi connectivity index (χ0v) is 23.8. The van der Waals surface area contributed by atoms with Crippen LogP contribution in [0.4, 0.5) is 11.4 Å². The van der Waals surface area contributed by atoms with Crippen LogP contribution in [0.15, 0.2) is 60.7 Å². The molecule has 0 saturated heterocycles. The predicted octanol–water partition coefficient (Wildman–Crippen LogP) is 7.49. The van der Waals surface area contributed by atoms with Gasteiger partial charge in [0, 0.05) is 24.5 Å². The first-order valence-corrected chi connectivity index (χ1v) is 16.2. The molecule has 0 radical (unpaired) electrons. The molecule has 0 aliphatic heterocycles. The fourth-order valence-electron chi connectivity index (χ4n) is 11.4. The van der Waals surface area contributed by atoms with Crippen LogP contribution < -0.4 is 9.80 Å². The molecule has 0 heterocycles. The van der Waals surface area contributed by atoms with E-state index in [0.29, 0.717) is 24.9 Å². The van der Waals surface area contributed by atoms with Gasteiger partial charge in [0.05, 0.1) is 10.8 Å². The van der Waals surface area contributed by atoms with Crippen LogP contribution in [0.3, 0.4) is 0 Å². The molecule has 8 bridgehead atoms. The van der Waals surface area contributed by atoms with Crippen LogP contribution in [-0.4, -0.2) is 24.9 Å². The van der Waals surface area contributed by atoms with E-state index >= 15 is 0 Å². The summed E-state index contributed by atoms with van der Waals surface area (Å²) in [5.74, 6) is 5.02. The quantitative estimate of drug-likeness (QED) is 0.368. The lowest BCUT2D eigenvalue weighted by atomic mass is 9.49. The van der Waals surface area contributed by atoms with Crippen molar-refractivity contribution in [2.75, 3.05) is 22.9 Å². The van der Waals surface area contributed by atoms with Crippen molar-refractivity contribution in [3.63, 3.8) is 0 Å². The Kier molecular flexibility index (Phi) is 5.94. The molecule has 210 valence electrons. The molecule has 40 heavy (non-hydrogen) atoms. The molecule has 0 aromatic heterocycles. The van der Waals surface area contributed by atoms with Gasteiger partial charge in [-0.1, -0.05) is 36.4 Å². The van der Waals surface area contributed by atoms with Crippen molar-refractivity contribution in [2.24, 2.45) is 46.3 Å². The van der Waals surface area contributed by atoms with Crippen LogP contribution >= 0.6 is 0 Å². The van der Waals surface area contributed by atoms with Gasteiger partial charge in [-0.25, -0.2) is 0 Å². The van der Waals surface area contributed by atoms with Gasteiger partial charge in [-0.15, -0.1) is 0 Å². The summed E-state index contributed by atoms with van der Waals surface area (Å²) in [6, 6.07) is 20.6. The van der Waals surface area contributed by atoms with Crippen LogP contribution in [0.1, 0.15) is 77.0 Å². The van der Waals surface area contributed by atoms with Gasteiger partial charge < -0.3 is 9.80 Å². The fourth-order valence-corrected chi connectivity index (χ4v) is 11.4. The van der Waals surface area contributed by atoms with Gasteiger partial charge in [-0.3, -0.25) is 9.59 Å². The summed E-state index contributed by atoms with van der Waals surface area (Å²) in [4.78, 5) is 33.5. The zero-order chi connectivity index (χ0) is 26.9. The van der Waals surface area contributed by atoms with Crippen molar-refractivity contribution in [3.05, 3.63) is 60.7 Å². The van der Waals surface area contributed by atoms with Crippen molar-refractivity contribution in [1.82, 2.24) is 0 Å². The highest BCUT2D eigenvalue weighted by molar-refractivity contribution is 6.00. The van der Waals surface area contributed by atoms with Crippen molar-refractivity contribution < 1.29 is 9.59 Å². The van der Waals surface area contributed by atoms with Crippen molar-refractivity contribution in [3.8, 4) is 0 Å². The van der Waals surface area contributed by atoms with E-state index in [4.69, 9.17) is 0 Å². The molecule has 0 unspecified atom stereocenters. The molecule has 2 aromatic rings. The molecular formula is C36H44N2O2. The molecule has 2 amide bonds. The molecule has 4 heteroatoms. The van der Waals surface area contributed by atoms with Crippen LogP contribution in [0.2, 0.25) is 0 Å². The number of carbonyl (C=O) groups is 2. The molecule has 8 aliphatic rings. The largest absolute Gasteiger partial charge is 0.310 e. The van der Waals surface area contributed by atoms with E-state index in [9.17, 15) is 9.59 Å². The number of hydrogen-bond acceptors (Lipinski definition) is 2. The highest BCUT2D eigenvalue weighted by atomic mass is 16.2. The van der Waals surface area contributed by atoms with Gasteiger partial charge in [0.2, 0.25) is 11.8 Å². The second kappa shape index (κ2) is 9.46. The Hall–Kier alpha value is -2.62. The molecule has 8 saturated carbocycles. The summed E-state index contributed by atoms with van der Waals surface area (Å²) >= 11 is 0. The lowest BCUT2D eigenvalue weighted by Crippen LogP contribution is -2.57. The Morgan fingerprint density at radius 3 is 1.05 bits per heavy atom. The molecular weight excluding hydrogens is 492 g/mol. The molecule has 10 rings (SSSR count). The topological polar surface area (TPSA) is 40.6 Å². The predicted molar refractivity (Wildman–Crippen MR) is 159 cm³/mol. The Morgan fingerprint density at radius 1 is 0.500 bits per heavy atom. The van der Waals surface area contributed by atoms with Gasteiger partial charge in [0.15, 0.2) is 0 Å². The smallest absolute Gasteiger partial charge is 0.233 e. The summed E-state index contributed by atoms with van der Waals surface area (Å²) in [6.45, 7) is 1.11. The third-order valence-corrected chi connectivity index (χ3v) is 12.2. The summed E-state index contributed by atoms with van der Waals surface area (Å²) in [6.07, 6.45) is 14.4. The van der Waals surface area contributed by atoms with Crippen LogP contribution in [0.25, 0.3) is 0 Å². The average Bonchev–Trinajstić information content (AvgIpc) is 2.94. The first kappa shape index (κ1) is 25.1. The van der Waals surface area contributed by atoms with E-state index in [1.54, 1.807) is 0 Å². The molecule has 4 nitrogen and oxygen atoms in total. The lowest BCUT2D eigenvalue weighted by Gasteiger charge is -2.57. The monoisotopic (exact) mass is 536 g/mol. The number of nitrogens with zero attached hydrogens (tertiary/aromatic N) is 2. The van der Waals surface area contributed by atoms with E-state index in [-0.39, 0.29) is 10.8 Å². The summed E-state index contributed by atoms with van der Waals surface area (Å²) in [5, 5.41) is 0. The normalized spacial score (nSPS) is 38.4. The SMILES string of the molecule is O=C(N(CCN(C(=O)C12CC3CC(CC(C3)C1)C2)c1ccccc1)c1ccccc1)C12CC3CC(CC(C3)C1)C2. The molecule has 0 spiro atoms. The van der Waals surface area contributed by atoms with Crippen molar-refractivity contribution in [1.29, 1.82) is 0 Å². The molecule has 8 aliphatic carbocycles. The number of carbonyl (C=O) groups excluding carboxylic acids is 2. The van der Waals surface area contributed by atoms with Gasteiger partial charge in [0.1, 0.15) is 0 Å². The Balaban J connectivity index is 1.10. The summed E-state index contributed by atoms with van der Waals surface area (Å²) < 4.78 is 0. The van der Waals surface area contributed by atoms with Crippen molar-refractivity contribution in [2.45, 2.75) is 77.0 Å². The fraction of sp³-hybridized carbons (Fsp3) is 0.611. The van der Waals surface area contributed by atoms with Gasteiger partial charge in [-0.05, 0) is 137 Å². The third-order valence-electron chi connectivity index (χ3n) is 12.2.